The molecule has 7 nitrogen and oxygen atoms in total. The van der Waals surface area contributed by atoms with E-state index in [0.29, 0.717) is 30.4 Å². The maximum Gasteiger partial charge on any atom is 0.283 e. The Morgan fingerprint density at radius 2 is 1.92 bits per heavy atom. The van der Waals surface area contributed by atoms with Gasteiger partial charge in [0.25, 0.3) is 5.91 Å². The van der Waals surface area contributed by atoms with Crippen LogP contribution in [0.3, 0.4) is 0 Å². The molecule has 184 valence electrons. The fraction of sp³-hybridized carbons (Fsp3) is 0.308. The number of carbonyl (C=O) groups excluding carboxylic acids is 1. The first-order chi connectivity index (χ1) is 17.2. The van der Waals surface area contributed by atoms with Crippen molar-refractivity contribution in [1.82, 2.24) is 14.5 Å². The van der Waals surface area contributed by atoms with E-state index in [9.17, 15) is 23.2 Å². The van der Waals surface area contributed by atoms with Crippen LogP contribution in [0.2, 0.25) is 0 Å². The summed E-state index contributed by atoms with van der Waals surface area (Å²) < 4.78 is 44.1. The van der Waals surface area contributed by atoms with Gasteiger partial charge in [0.05, 0.1) is 24.7 Å². The first-order valence-corrected chi connectivity index (χ1v) is 11.6. The van der Waals surface area contributed by atoms with Crippen LogP contribution in [-0.4, -0.2) is 45.4 Å². The molecule has 1 atom stereocenters. The molecular formula is C26H23F3N6O. The maximum absolute atomic E-state index is 14.7. The van der Waals surface area contributed by atoms with Crippen LogP contribution in [0.5, 0.6) is 0 Å². The molecule has 2 aliphatic heterocycles. The third kappa shape index (κ3) is 3.71. The first-order valence-electron chi connectivity index (χ1n) is 11.6. The number of hydrogen-bond acceptors (Lipinski definition) is 5. The Morgan fingerprint density at radius 3 is 2.58 bits per heavy atom. The van der Waals surface area contributed by atoms with Crippen molar-refractivity contribution < 1.29 is 18.0 Å². The lowest BCUT2D eigenvalue weighted by molar-refractivity contribution is 0.0841. The van der Waals surface area contributed by atoms with Crippen LogP contribution in [0.4, 0.5) is 19.0 Å². The Hall–Kier alpha value is -4.13. The summed E-state index contributed by atoms with van der Waals surface area (Å²) in [6.07, 6.45) is 0. The van der Waals surface area contributed by atoms with Gasteiger partial charge in [0.15, 0.2) is 5.69 Å². The van der Waals surface area contributed by atoms with Gasteiger partial charge in [0.2, 0.25) is 5.96 Å². The lowest BCUT2D eigenvalue weighted by Crippen LogP contribution is -2.50. The molecular weight excluding hydrogens is 469 g/mol. The quantitative estimate of drug-likeness (QED) is 0.523. The Kier molecular flexibility index (Phi) is 5.79. The van der Waals surface area contributed by atoms with E-state index in [1.54, 1.807) is 9.47 Å². The number of aliphatic imine (C=N–C) groups is 1. The highest BCUT2D eigenvalue weighted by atomic mass is 19.1. The van der Waals surface area contributed by atoms with Gasteiger partial charge in [-0.25, -0.2) is 23.1 Å². The molecule has 0 bridgehead atoms. The molecule has 0 radical (unpaired) electrons. The van der Waals surface area contributed by atoms with E-state index in [-0.39, 0.29) is 47.1 Å². The molecule has 0 saturated heterocycles. The van der Waals surface area contributed by atoms with Crippen molar-refractivity contribution in [3.05, 3.63) is 70.7 Å². The number of halogens is 3. The number of imidazole rings is 1. The van der Waals surface area contributed by atoms with Gasteiger partial charge in [0, 0.05) is 23.7 Å². The zero-order valence-electron chi connectivity index (χ0n) is 20.0. The highest BCUT2D eigenvalue weighted by molar-refractivity contribution is 6.18. The topological polar surface area (TPSA) is 77.5 Å². The highest BCUT2D eigenvalue weighted by Crippen LogP contribution is 2.38. The molecule has 0 spiro atoms. The normalized spacial score (nSPS) is 16.8. The minimum atomic E-state index is -0.743. The van der Waals surface area contributed by atoms with Crippen LogP contribution in [0.1, 0.15) is 42.4 Å². The van der Waals surface area contributed by atoms with Gasteiger partial charge in [-0.2, -0.15) is 5.26 Å². The van der Waals surface area contributed by atoms with E-state index in [4.69, 9.17) is 4.99 Å². The second-order valence-corrected chi connectivity index (χ2v) is 9.14. The predicted octanol–water partition coefficient (Wildman–Crippen LogP) is 4.56. The van der Waals surface area contributed by atoms with Crippen LogP contribution >= 0.6 is 0 Å². The Bertz CT molecular complexity index is 1450. The molecule has 3 aromatic rings. The third-order valence-corrected chi connectivity index (χ3v) is 6.55. The zero-order valence-corrected chi connectivity index (χ0v) is 20.0. The summed E-state index contributed by atoms with van der Waals surface area (Å²) in [6.45, 7) is 6.74. The van der Waals surface area contributed by atoms with Crippen molar-refractivity contribution in [3.63, 3.8) is 0 Å². The van der Waals surface area contributed by atoms with Gasteiger partial charge in [0.1, 0.15) is 35.2 Å². The number of anilines is 1. The summed E-state index contributed by atoms with van der Waals surface area (Å²) in [7, 11) is 0. The number of fused-ring (bicyclic) bond motifs is 3. The fourth-order valence-corrected chi connectivity index (χ4v) is 4.59. The summed E-state index contributed by atoms with van der Waals surface area (Å²) in [4.78, 5) is 26.4. The molecule has 0 saturated carbocycles. The second-order valence-electron chi connectivity index (χ2n) is 9.14. The molecule has 5 rings (SSSR count). The number of nitriles is 1. The number of rotatable bonds is 5. The number of carbonyl (C=O) groups is 1. The van der Waals surface area contributed by atoms with E-state index >= 15 is 0 Å². The highest BCUT2D eigenvalue weighted by Gasteiger charge is 2.44. The predicted molar refractivity (Wildman–Crippen MR) is 128 cm³/mol. The SMILES string of the molecule is CCN1C(=O)c2nc(-c3ccc(F)c(C#N)c3)n(Cc3ccc(F)cc3F)c2N2CC(C(C)C)N=C12. The van der Waals surface area contributed by atoms with E-state index in [0.717, 1.165) is 18.2 Å². The monoisotopic (exact) mass is 492 g/mol. The number of hydrogen-bond donors (Lipinski definition) is 0. The van der Waals surface area contributed by atoms with E-state index < -0.39 is 17.5 Å². The van der Waals surface area contributed by atoms with Crippen molar-refractivity contribution >= 4 is 17.7 Å². The molecule has 2 aromatic carbocycles. The molecule has 0 N–H and O–H groups in total. The maximum atomic E-state index is 14.7. The van der Waals surface area contributed by atoms with Crippen molar-refractivity contribution in [2.75, 3.05) is 18.0 Å². The minimum Gasteiger partial charge on any atom is -0.305 e. The van der Waals surface area contributed by atoms with Crippen molar-refractivity contribution in [1.29, 1.82) is 5.26 Å². The molecule has 1 unspecified atom stereocenters. The lowest BCUT2D eigenvalue weighted by atomic mass is 10.1. The summed E-state index contributed by atoms with van der Waals surface area (Å²) in [5.41, 5.74) is 0.543. The number of benzene rings is 2. The fourth-order valence-electron chi connectivity index (χ4n) is 4.59. The van der Waals surface area contributed by atoms with Gasteiger partial charge in [-0.3, -0.25) is 14.6 Å². The second kappa shape index (κ2) is 8.82. The molecule has 1 aromatic heterocycles. The van der Waals surface area contributed by atoms with Gasteiger partial charge >= 0.3 is 0 Å². The number of amides is 1. The Morgan fingerprint density at radius 1 is 1.14 bits per heavy atom. The molecule has 0 fully saturated rings. The van der Waals surface area contributed by atoms with Crippen molar-refractivity contribution in [2.24, 2.45) is 10.9 Å². The molecule has 10 heteroatoms. The molecule has 36 heavy (non-hydrogen) atoms. The van der Waals surface area contributed by atoms with Crippen molar-refractivity contribution in [2.45, 2.75) is 33.4 Å². The summed E-state index contributed by atoms with van der Waals surface area (Å²) >= 11 is 0. The molecule has 0 aliphatic carbocycles. The first kappa shape index (κ1) is 23.6. The van der Waals surface area contributed by atoms with Crippen LogP contribution in [0.25, 0.3) is 11.4 Å². The van der Waals surface area contributed by atoms with E-state index in [1.165, 1.54) is 18.2 Å². The van der Waals surface area contributed by atoms with Crippen LogP contribution < -0.4 is 4.90 Å². The number of aromatic nitrogens is 2. The van der Waals surface area contributed by atoms with Crippen LogP contribution in [0.15, 0.2) is 41.4 Å². The molecule has 2 aliphatic rings. The molecule has 3 heterocycles. The van der Waals surface area contributed by atoms with Gasteiger partial charge < -0.3 is 4.57 Å². The zero-order chi connectivity index (χ0) is 25.7. The van der Waals surface area contributed by atoms with Crippen molar-refractivity contribution in [3.8, 4) is 17.5 Å². The Balaban J connectivity index is 1.75. The average Bonchev–Trinajstić information content (AvgIpc) is 3.44. The van der Waals surface area contributed by atoms with Gasteiger partial charge in [-0.15, -0.1) is 0 Å². The number of nitrogens with zero attached hydrogens (tertiary/aromatic N) is 6. The third-order valence-electron chi connectivity index (χ3n) is 6.55. The smallest absolute Gasteiger partial charge is 0.283 e. The lowest BCUT2D eigenvalue weighted by Gasteiger charge is -2.33. The van der Waals surface area contributed by atoms with Crippen LogP contribution in [-0.2, 0) is 6.54 Å². The van der Waals surface area contributed by atoms with E-state index in [2.05, 4.69) is 4.98 Å². The van der Waals surface area contributed by atoms with Gasteiger partial charge in [-0.05, 0) is 37.1 Å². The standard InChI is InChI=1S/C26H23F3N6O/c1-4-33-25(36)22-24(35-13-21(14(2)3)31-26(33)35)34(12-16-5-7-18(27)10-20(16)29)23(32-22)15-6-8-19(28)17(9-15)11-30/h5-10,14,21H,4,12-13H2,1-3H3. The minimum absolute atomic E-state index is 0.0709. The summed E-state index contributed by atoms with van der Waals surface area (Å²) in [6, 6.07) is 9.00. The average molecular weight is 493 g/mol. The summed E-state index contributed by atoms with van der Waals surface area (Å²) in [5, 5.41) is 9.34. The largest absolute Gasteiger partial charge is 0.305 e. The van der Waals surface area contributed by atoms with E-state index in [1.807, 2.05) is 31.7 Å². The van der Waals surface area contributed by atoms with Crippen LogP contribution in [0, 0.1) is 34.7 Å². The summed E-state index contributed by atoms with van der Waals surface area (Å²) in [5.74, 6) is -1.08. The Labute approximate surface area is 206 Å². The van der Waals surface area contributed by atoms with Gasteiger partial charge in [-0.1, -0.05) is 19.9 Å². The molecule has 1 amide bonds. The number of guanidine groups is 1.